The van der Waals surface area contributed by atoms with Crippen molar-refractivity contribution < 1.29 is 9.90 Å². The molecule has 0 aliphatic carbocycles. The van der Waals surface area contributed by atoms with Crippen molar-refractivity contribution in [1.82, 2.24) is 9.55 Å². The molecule has 3 N–H and O–H groups in total. The Labute approximate surface area is 98.9 Å². The van der Waals surface area contributed by atoms with Crippen molar-refractivity contribution in [2.45, 2.75) is 26.4 Å². The number of para-hydroxylation sites is 1. The number of fused-ring (bicyclic) bond motifs is 1. The number of aromatic nitrogens is 2. The molecule has 0 saturated carbocycles. The third kappa shape index (κ3) is 1.78. The lowest BCUT2D eigenvalue weighted by Gasteiger charge is -2.13. The quantitative estimate of drug-likeness (QED) is 0.846. The number of nitrogens with two attached hydrogens (primary N) is 1. The minimum absolute atomic E-state index is 0.124. The number of hydrogen-bond acceptors (Lipinski definition) is 3. The number of carboxylic acid groups (broad SMARTS) is 1. The van der Waals surface area contributed by atoms with Gasteiger partial charge in [-0.2, -0.15) is 0 Å². The number of benzene rings is 1. The molecule has 0 radical (unpaired) electrons. The zero-order chi connectivity index (χ0) is 12.6. The predicted molar refractivity (Wildman–Crippen MR) is 65.0 cm³/mol. The number of nitrogens with zero attached hydrogens (tertiary/aromatic N) is 2. The van der Waals surface area contributed by atoms with Crippen LogP contribution in [0.25, 0.3) is 11.0 Å². The Bertz CT molecular complexity index is 572. The average molecular weight is 233 g/mol. The van der Waals surface area contributed by atoms with Gasteiger partial charge < -0.3 is 15.4 Å². The Balaban J connectivity index is 2.86. The first-order valence-corrected chi connectivity index (χ1v) is 5.49. The first-order chi connectivity index (χ1) is 8.06. The maximum atomic E-state index is 11.2. The fourth-order valence-electron chi connectivity index (χ4n) is 2.07. The second-order valence-electron chi connectivity index (χ2n) is 4.17. The van der Waals surface area contributed by atoms with E-state index in [4.69, 9.17) is 5.73 Å². The van der Waals surface area contributed by atoms with E-state index in [1.165, 1.54) is 0 Å². The van der Waals surface area contributed by atoms with Gasteiger partial charge in [0.2, 0.25) is 0 Å². The summed E-state index contributed by atoms with van der Waals surface area (Å²) in [5.41, 5.74) is 7.24. The molecular weight excluding hydrogens is 218 g/mol. The SMILES string of the molecule is CC(C)n1c(CN)nc2cccc(C(=O)O)c21. The van der Waals surface area contributed by atoms with Gasteiger partial charge in [0.1, 0.15) is 5.82 Å². The van der Waals surface area contributed by atoms with Crippen LogP contribution in [0.4, 0.5) is 0 Å². The molecule has 2 rings (SSSR count). The number of carboxylic acids is 1. The molecule has 0 bridgehead atoms. The predicted octanol–water partition coefficient (Wildman–Crippen LogP) is 1.77. The Morgan fingerprint density at radius 1 is 1.53 bits per heavy atom. The van der Waals surface area contributed by atoms with E-state index in [-0.39, 0.29) is 11.6 Å². The van der Waals surface area contributed by atoms with Gasteiger partial charge in [-0.3, -0.25) is 0 Å². The van der Waals surface area contributed by atoms with E-state index in [0.29, 0.717) is 23.4 Å². The molecule has 0 atom stereocenters. The molecule has 1 aromatic heterocycles. The topological polar surface area (TPSA) is 81.1 Å². The molecule has 0 aliphatic heterocycles. The van der Waals surface area contributed by atoms with Crippen LogP contribution in [0.15, 0.2) is 18.2 Å². The molecule has 90 valence electrons. The lowest BCUT2D eigenvalue weighted by molar-refractivity contribution is 0.0698. The van der Waals surface area contributed by atoms with E-state index in [9.17, 15) is 9.90 Å². The van der Waals surface area contributed by atoms with Crippen molar-refractivity contribution >= 4 is 17.0 Å². The van der Waals surface area contributed by atoms with E-state index < -0.39 is 5.97 Å². The molecule has 0 aliphatic rings. The Hall–Kier alpha value is -1.88. The van der Waals surface area contributed by atoms with Crippen LogP contribution in [-0.4, -0.2) is 20.6 Å². The molecule has 1 aromatic carbocycles. The molecule has 0 fully saturated rings. The van der Waals surface area contributed by atoms with Crippen molar-refractivity contribution in [2.24, 2.45) is 5.73 Å². The van der Waals surface area contributed by atoms with E-state index in [0.717, 1.165) is 0 Å². The van der Waals surface area contributed by atoms with Crippen LogP contribution in [0.2, 0.25) is 0 Å². The molecule has 0 saturated heterocycles. The van der Waals surface area contributed by atoms with Gasteiger partial charge in [-0.1, -0.05) is 6.07 Å². The average Bonchev–Trinajstić information content (AvgIpc) is 2.66. The van der Waals surface area contributed by atoms with Crippen molar-refractivity contribution in [3.8, 4) is 0 Å². The Morgan fingerprint density at radius 2 is 2.24 bits per heavy atom. The Morgan fingerprint density at radius 3 is 2.76 bits per heavy atom. The summed E-state index contributed by atoms with van der Waals surface area (Å²) < 4.78 is 1.89. The summed E-state index contributed by atoms with van der Waals surface area (Å²) in [6, 6.07) is 5.22. The lowest BCUT2D eigenvalue weighted by Crippen LogP contribution is -2.12. The van der Waals surface area contributed by atoms with Gasteiger partial charge >= 0.3 is 5.97 Å². The summed E-state index contributed by atoms with van der Waals surface area (Å²) in [5.74, 6) is -0.232. The highest BCUT2D eigenvalue weighted by molar-refractivity contribution is 6.01. The van der Waals surface area contributed by atoms with Crippen molar-refractivity contribution in [3.63, 3.8) is 0 Å². The normalized spacial score (nSPS) is 11.3. The van der Waals surface area contributed by atoms with Crippen LogP contribution in [0.1, 0.15) is 36.1 Å². The highest BCUT2D eigenvalue weighted by atomic mass is 16.4. The number of aromatic carboxylic acids is 1. The molecule has 17 heavy (non-hydrogen) atoms. The van der Waals surface area contributed by atoms with Gasteiger partial charge in [-0.25, -0.2) is 9.78 Å². The monoisotopic (exact) mass is 233 g/mol. The van der Waals surface area contributed by atoms with Gasteiger partial charge in [0.25, 0.3) is 0 Å². The van der Waals surface area contributed by atoms with Gasteiger partial charge in [-0.05, 0) is 26.0 Å². The highest BCUT2D eigenvalue weighted by Crippen LogP contribution is 2.24. The number of hydrogen-bond donors (Lipinski definition) is 2. The van der Waals surface area contributed by atoms with E-state index in [1.807, 2.05) is 18.4 Å². The summed E-state index contributed by atoms with van der Waals surface area (Å²) >= 11 is 0. The van der Waals surface area contributed by atoms with Crippen molar-refractivity contribution in [1.29, 1.82) is 0 Å². The van der Waals surface area contributed by atoms with E-state index in [2.05, 4.69) is 4.98 Å². The first kappa shape index (κ1) is 11.6. The highest BCUT2D eigenvalue weighted by Gasteiger charge is 2.18. The largest absolute Gasteiger partial charge is 0.478 e. The number of rotatable bonds is 3. The lowest BCUT2D eigenvalue weighted by atomic mass is 10.1. The molecule has 2 aromatic rings. The zero-order valence-corrected chi connectivity index (χ0v) is 9.84. The van der Waals surface area contributed by atoms with Gasteiger partial charge in [-0.15, -0.1) is 0 Å². The summed E-state index contributed by atoms with van der Waals surface area (Å²) in [6.45, 7) is 4.27. The van der Waals surface area contributed by atoms with Crippen molar-refractivity contribution in [3.05, 3.63) is 29.6 Å². The molecule has 5 nitrogen and oxygen atoms in total. The van der Waals surface area contributed by atoms with Gasteiger partial charge in [0, 0.05) is 6.04 Å². The van der Waals surface area contributed by atoms with Gasteiger partial charge in [0.05, 0.1) is 23.1 Å². The molecular formula is C12H15N3O2. The standard InChI is InChI=1S/C12H15N3O2/c1-7(2)15-10(6-13)14-9-5-3-4-8(11(9)15)12(16)17/h3-5,7H,6,13H2,1-2H3,(H,16,17). The summed E-state index contributed by atoms with van der Waals surface area (Å²) in [5, 5.41) is 9.20. The van der Waals surface area contributed by atoms with Gasteiger partial charge in [0.15, 0.2) is 0 Å². The fraction of sp³-hybridized carbons (Fsp3) is 0.333. The molecule has 0 unspecified atom stereocenters. The second-order valence-corrected chi connectivity index (χ2v) is 4.17. The van der Waals surface area contributed by atoms with Crippen LogP contribution in [0.3, 0.4) is 0 Å². The van der Waals surface area contributed by atoms with Crippen molar-refractivity contribution in [2.75, 3.05) is 0 Å². The molecule has 1 heterocycles. The van der Waals surface area contributed by atoms with Crippen LogP contribution < -0.4 is 5.73 Å². The minimum atomic E-state index is -0.944. The molecule has 0 amide bonds. The Kier molecular flexibility index (Phi) is 2.85. The smallest absolute Gasteiger partial charge is 0.337 e. The molecule has 0 spiro atoms. The van der Waals surface area contributed by atoms with E-state index in [1.54, 1.807) is 18.2 Å². The summed E-state index contributed by atoms with van der Waals surface area (Å²) in [7, 11) is 0. The molecule has 5 heteroatoms. The number of imidazole rings is 1. The second kappa shape index (κ2) is 4.18. The zero-order valence-electron chi connectivity index (χ0n) is 9.84. The third-order valence-electron chi connectivity index (χ3n) is 2.71. The summed E-state index contributed by atoms with van der Waals surface area (Å²) in [4.78, 5) is 15.6. The first-order valence-electron chi connectivity index (χ1n) is 5.49. The van der Waals surface area contributed by atoms with Crippen LogP contribution in [0, 0.1) is 0 Å². The van der Waals surface area contributed by atoms with Crippen LogP contribution >= 0.6 is 0 Å². The minimum Gasteiger partial charge on any atom is -0.478 e. The summed E-state index contributed by atoms with van der Waals surface area (Å²) in [6.07, 6.45) is 0. The fourth-order valence-corrected chi connectivity index (χ4v) is 2.07. The van der Waals surface area contributed by atoms with Crippen LogP contribution in [0.5, 0.6) is 0 Å². The van der Waals surface area contributed by atoms with Crippen LogP contribution in [-0.2, 0) is 6.54 Å². The third-order valence-corrected chi connectivity index (χ3v) is 2.71. The number of carbonyl (C=O) groups is 1. The maximum absolute atomic E-state index is 11.2. The maximum Gasteiger partial charge on any atom is 0.337 e. The van der Waals surface area contributed by atoms with E-state index >= 15 is 0 Å².